The summed E-state index contributed by atoms with van der Waals surface area (Å²) in [6.07, 6.45) is 1.32. The van der Waals surface area contributed by atoms with Crippen LogP contribution >= 0.6 is 11.6 Å². The van der Waals surface area contributed by atoms with Crippen molar-refractivity contribution in [3.05, 3.63) is 28.8 Å². The molecule has 1 N–H and O–H groups in total. The first-order valence-corrected chi connectivity index (χ1v) is 6.17. The molecule has 0 aromatic heterocycles. The van der Waals surface area contributed by atoms with Crippen LogP contribution in [0.25, 0.3) is 0 Å². The van der Waals surface area contributed by atoms with E-state index < -0.39 is 0 Å². The van der Waals surface area contributed by atoms with Gasteiger partial charge in [-0.3, -0.25) is 4.79 Å². The number of hydrogen-bond acceptors (Lipinski definition) is 3. The fourth-order valence-corrected chi connectivity index (χ4v) is 2.51. The monoisotopic (exact) mass is 253 g/mol. The van der Waals surface area contributed by atoms with Crippen molar-refractivity contribution in [1.82, 2.24) is 0 Å². The van der Waals surface area contributed by atoms with E-state index in [1.54, 1.807) is 12.1 Å². The maximum Gasteiger partial charge on any atom is 0.150 e. The highest BCUT2D eigenvalue weighted by atomic mass is 35.5. The second-order valence-electron chi connectivity index (χ2n) is 4.61. The number of carbonyl (C=O) groups is 1. The topological polar surface area (TPSA) is 40.5 Å². The molecule has 1 saturated heterocycles. The highest BCUT2D eigenvalue weighted by molar-refractivity contribution is 6.33. The summed E-state index contributed by atoms with van der Waals surface area (Å²) in [7, 11) is 0. The summed E-state index contributed by atoms with van der Waals surface area (Å²) in [5.74, 6) is 0.241. The first-order valence-electron chi connectivity index (χ1n) is 5.79. The molecule has 1 fully saturated rings. The quantitative estimate of drug-likeness (QED) is 0.823. The zero-order valence-electron chi connectivity index (χ0n) is 9.77. The molecule has 0 bridgehead atoms. The standard InChI is InChI=1S/C13H16ClNO2/c1-9-7-15(5-4-13(9)17)12-3-2-10(8-16)6-11(12)14/h2-3,6,8-9,13,17H,4-5,7H2,1H3. The lowest BCUT2D eigenvalue weighted by Gasteiger charge is -2.36. The van der Waals surface area contributed by atoms with Crippen LogP contribution in [0.15, 0.2) is 18.2 Å². The molecule has 1 heterocycles. The normalized spacial score (nSPS) is 24.8. The average Bonchev–Trinajstić information content (AvgIpc) is 2.32. The molecule has 0 aliphatic carbocycles. The molecule has 1 aromatic rings. The van der Waals surface area contributed by atoms with E-state index in [2.05, 4.69) is 4.90 Å². The van der Waals surface area contributed by atoms with Crippen LogP contribution < -0.4 is 4.90 Å². The van der Waals surface area contributed by atoms with E-state index in [1.807, 2.05) is 13.0 Å². The molecule has 92 valence electrons. The van der Waals surface area contributed by atoms with Crippen molar-refractivity contribution in [2.75, 3.05) is 18.0 Å². The van der Waals surface area contributed by atoms with Gasteiger partial charge in [-0.25, -0.2) is 0 Å². The number of aldehydes is 1. The highest BCUT2D eigenvalue weighted by Crippen LogP contribution is 2.30. The minimum absolute atomic E-state index is 0.223. The molecule has 2 unspecified atom stereocenters. The Bertz CT molecular complexity index is 422. The van der Waals surface area contributed by atoms with Gasteiger partial charge in [0.1, 0.15) is 6.29 Å². The summed E-state index contributed by atoms with van der Waals surface area (Å²) in [4.78, 5) is 12.8. The number of halogens is 1. The van der Waals surface area contributed by atoms with E-state index in [0.29, 0.717) is 10.6 Å². The van der Waals surface area contributed by atoms with E-state index in [4.69, 9.17) is 11.6 Å². The van der Waals surface area contributed by atoms with E-state index in [1.165, 1.54) is 0 Å². The first kappa shape index (κ1) is 12.4. The summed E-state index contributed by atoms with van der Waals surface area (Å²) in [5.41, 5.74) is 1.53. The Morgan fingerprint density at radius 1 is 1.53 bits per heavy atom. The fourth-order valence-electron chi connectivity index (χ4n) is 2.20. The molecule has 0 spiro atoms. The molecular weight excluding hydrogens is 238 g/mol. The summed E-state index contributed by atoms with van der Waals surface area (Å²) in [6, 6.07) is 5.32. The minimum atomic E-state index is -0.223. The highest BCUT2D eigenvalue weighted by Gasteiger charge is 2.25. The first-order chi connectivity index (χ1) is 8.11. The Balaban J connectivity index is 2.20. The zero-order chi connectivity index (χ0) is 12.4. The van der Waals surface area contributed by atoms with Gasteiger partial charge in [0.05, 0.1) is 16.8 Å². The van der Waals surface area contributed by atoms with E-state index in [-0.39, 0.29) is 12.0 Å². The number of carbonyl (C=O) groups excluding carboxylic acids is 1. The van der Waals surface area contributed by atoms with Gasteiger partial charge < -0.3 is 10.0 Å². The summed E-state index contributed by atoms with van der Waals surface area (Å²) in [5, 5.41) is 10.3. The largest absolute Gasteiger partial charge is 0.393 e. The average molecular weight is 254 g/mol. The third kappa shape index (κ3) is 2.61. The molecule has 2 atom stereocenters. The van der Waals surface area contributed by atoms with Gasteiger partial charge in [-0.2, -0.15) is 0 Å². The van der Waals surface area contributed by atoms with Crippen molar-refractivity contribution in [2.45, 2.75) is 19.4 Å². The molecule has 17 heavy (non-hydrogen) atoms. The summed E-state index contributed by atoms with van der Waals surface area (Å²) < 4.78 is 0. The molecule has 2 rings (SSSR count). The lowest BCUT2D eigenvalue weighted by atomic mass is 9.96. The van der Waals surface area contributed by atoms with Crippen molar-refractivity contribution in [1.29, 1.82) is 0 Å². The number of anilines is 1. The number of rotatable bonds is 2. The van der Waals surface area contributed by atoms with Crippen LogP contribution in [0, 0.1) is 5.92 Å². The van der Waals surface area contributed by atoms with Crippen LogP contribution in [0.4, 0.5) is 5.69 Å². The maximum absolute atomic E-state index is 10.6. The van der Waals surface area contributed by atoms with E-state index in [0.717, 1.165) is 31.5 Å². The van der Waals surface area contributed by atoms with Gasteiger partial charge in [0, 0.05) is 18.7 Å². The van der Waals surface area contributed by atoms with Crippen LogP contribution in [0.2, 0.25) is 5.02 Å². The zero-order valence-corrected chi connectivity index (χ0v) is 10.5. The maximum atomic E-state index is 10.6. The van der Waals surface area contributed by atoms with E-state index >= 15 is 0 Å². The third-order valence-corrected chi connectivity index (χ3v) is 3.61. The van der Waals surface area contributed by atoms with Crippen molar-refractivity contribution in [3.63, 3.8) is 0 Å². The second-order valence-corrected chi connectivity index (χ2v) is 5.02. The number of aliphatic hydroxyl groups excluding tert-OH is 1. The predicted octanol–water partition coefficient (Wildman–Crippen LogP) is 2.36. The lowest BCUT2D eigenvalue weighted by molar-refractivity contribution is 0.0971. The van der Waals surface area contributed by atoms with Crippen LogP contribution in [0.1, 0.15) is 23.7 Å². The van der Waals surface area contributed by atoms with Gasteiger partial charge in [-0.1, -0.05) is 18.5 Å². The van der Waals surface area contributed by atoms with Crippen molar-refractivity contribution >= 4 is 23.6 Å². The van der Waals surface area contributed by atoms with Gasteiger partial charge in [0.15, 0.2) is 0 Å². The number of benzene rings is 1. The molecular formula is C13H16ClNO2. The van der Waals surface area contributed by atoms with Gasteiger partial charge in [0.2, 0.25) is 0 Å². The summed E-state index contributed by atoms with van der Waals surface area (Å²) >= 11 is 6.16. The van der Waals surface area contributed by atoms with Gasteiger partial charge >= 0.3 is 0 Å². The Morgan fingerprint density at radius 2 is 2.29 bits per heavy atom. The molecule has 1 aromatic carbocycles. The molecule has 0 amide bonds. The lowest BCUT2D eigenvalue weighted by Crippen LogP contribution is -2.42. The summed E-state index contributed by atoms with van der Waals surface area (Å²) in [6.45, 7) is 3.62. The molecule has 1 aliphatic heterocycles. The Morgan fingerprint density at radius 3 is 2.88 bits per heavy atom. The Hall–Kier alpha value is -1.06. The van der Waals surface area contributed by atoms with Crippen molar-refractivity contribution in [3.8, 4) is 0 Å². The number of piperidine rings is 1. The molecule has 1 aliphatic rings. The number of aliphatic hydroxyl groups is 1. The van der Waals surface area contributed by atoms with Crippen molar-refractivity contribution < 1.29 is 9.90 Å². The van der Waals surface area contributed by atoms with E-state index in [9.17, 15) is 9.90 Å². The second kappa shape index (κ2) is 5.07. The molecule has 4 heteroatoms. The fraction of sp³-hybridized carbons (Fsp3) is 0.462. The van der Waals surface area contributed by atoms with Crippen LogP contribution in [0.3, 0.4) is 0 Å². The van der Waals surface area contributed by atoms with Crippen LogP contribution in [-0.2, 0) is 0 Å². The predicted molar refractivity (Wildman–Crippen MR) is 68.8 cm³/mol. The molecule has 0 radical (unpaired) electrons. The number of hydrogen-bond donors (Lipinski definition) is 1. The molecule has 0 saturated carbocycles. The van der Waals surface area contributed by atoms with Crippen LogP contribution in [-0.4, -0.2) is 30.6 Å². The Labute approximate surface area is 106 Å². The van der Waals surface area contributed by atoms with Gasteiger partial charge in [0.25, 0.3) is 0 Å². The SMILES string of the molecule is CC1CN(c2ccc(C=O)cc2Cl)CCC1O. The van der Waals surface area contributed by atoms with Gasteiger partial charge in [-0.05, 0) is 30.5 Å². The molecule has 3 nitrogen and oxygen atoms in total. The minimum Gasteiger partial charge on any atom is -0.393 e. The van der Waals surface area contributed by atoms with Gasteiger partial charge in [-0.15, -0.1) is 0 Å². The third-order valence-electron chi connectivity index (χ3n) is 3.31. The Kier molecular flexibility index (Phi) is 3.69. The smallest absolute Gasteiger partial charge is 0.150 e. The van der Waals surface area contributed by atoms with Crippen molar-refractivity contribution in [2.24, 2.45) is 5.92 Å². The van der Waals surface area contributed by atoms with Crippen LogP contribution in [0.5, 0.6) is 0 Å². The number of nitrogens with zero attached hydrogens (tertiary/aromatic N) is 1.